The number of nitro groups is 1. The molecule has 0 saturated carbocycles. The van der Waals surface area contributed by atoms with Crippen LogP contribution in [0.4, 0.5) is 5.69 Å². The van der Waals surface area contributed by atoms with Gasteiger partial charge in [0.2, 0.25) is 0 Å². The molecule has 0 saturated heterocycles. The van der Waals surface area contributed by atoms with Crippen molar-refractivity contribution in [1.29, 1.82) is 0 Å². The zero-order valence-corrected chi connectivity index (χ0v) is 13.9. The van der Waals surface area contributed by atoms with Crippen molar-refractivity contribution in [3.8, 4) is 11.1 Å². The van der Waals surface area contributed by atoms with Crippen LogP contribution < -0.4 is 0 Å². The molecule has 4 nitrogen and oxygen atoms in total. The van der Waals surface area contributed by atoms with Crippen molar-refractivity contribution in [3.63, 3.8) is 0 Å². The fourth-order valence-electron chi connectivity index (χ4n) is 3.29. The molecule has 0 aromatic heterocycles. The molecular formula is C22H15NO3. The number of non-ortho nitro benzene ring substituents is 1. The first-order chi connectivity index (χ1) is 12.6. The highest BCUT2D eigenvalue weighted by Crippen LogP contribution is 2.36. The molecule has 126 valence electrons. The van der Waals surface area contributed by atoms with Gasteiger partial charge in [0, 0.05) is 17.7 Å². The molecule has 0 bridgehead atoms. The fourth-order valence-corrected chi connectivity index (χ4v) is 3.29. The number of carbonyl (C=O) groups is 1. The largest absolute Gasteiger partial charge is 0.289 e. The maximum absolute atomic E-state index is 12.5. The van der Waals surface area contributed by atoms with E-state index in [1.807, 2.05) is 30.3 Å². The van der Waals surface area contributed by atoms with Crippen molar-refractivity contribution in [3.05, 3.63) is 105 Å². The second-order valence-electron chi connectivity index (χ2n) is 6.26. The van der Waals surface area contributed by atoms with Gasteiger partial charge in [0.25, 0.3) is 5.69 Å². The van der Waals surface area contributed by atoms with Gasteiger partial charge in [0.05, 0.1) is 4.92 Å². The molecule has 0 spiro atoms. The van der Waals surface area contributed by atoms with Gasteiger partial charge < -0.3 is 0 Å². The third kappa shape index (κ3) is 2.93. The smallest absolute Gasteiger partial charge is 0.270 e. The lowest BCUT2D eigenvalue weighted by atomic mass is 10.0. The second-order valence-corrected chi connectivity index (χ2v) is 6.26. The van der Waals surface area contributed by atoms with E-state index >= 15 is 0 Å². The highest BCUT2D eigenvalue weighted by atomic mass is 16.6. The minimum Gasteiger partial charge on any atom is -0.289 e. The number of nitrogens with zero attached hydrogens (tertiary/aromatic N) is 1. The number of fused-ring (bicyclic) bond motifs is 3. The first-order valence-electron chi connectivity index (χ1n) is 8.30. The zero-order chi connectivity index (χ0) is 18.1. The molecule has 1 aliphatic rings. The number of carbonyl (C=O) groups excluding carboxylic acids is 1. The summed E-state index contributed by atoms with van der Waals surface area (Å²) in [4.78, 5) is 22.9. The highest BCUT2D eigenvalue weighted by Gasteiger charge is 2.18. The Kier molecular flexibility index (Phi) is 3.93. The van der Waals surface area contributed by atoms with Crippen molar-refractivity contribution in [2.45, 2.75) is 6.42 Å². The number of benzene rings is 3. The normalized spacial score (nSPS) is 12.0. The van der Waals surface area contributed by atoms with E-state index in [2.05, 4.69) is 12.1 Å². The molecule has 3 aromatic rings. The van der Waals surface area contributed by atoms with E-state index in [0.717, 1.165) is 12.0 Å². The van der Waals surface area contributed by atoms with Gasteiger partial charge in [-0.25, -0.2) is 0 Å². The average Bonchev–Trinajstić information content (AvgIpc) is 3.04. The predicted molar refractivity (Wildman–Crippen MR) is 101 cm³/mol. The maximum Gasteiger partial charge on any atom is 0.270 e. The lowest BCUT2D eigenvalue weighted by Crippen LogP contribution is -1.95. The molecule has 0 atom stereocenters. The number of rotatable bonds is 4. The molecule has 0 radical (unpaired) electrons. The summed E-state index contributed by atoms with van der Waals surface area (Å²) in [5, 5.41) is 10.8. The van der Waals surface area contributed by atoms with E-state index in [0.29, 0.717) is 11.1 Å². The van der Waals surface area contributed by atoms with Gasteiger partial charge >= 0.3 is 0 Å². The van der Waals surface area contributed by atoms with Crippen molar-refractivity contribution in [2.75, 3.05) is 0 Å². The molecule has 4 heteroatoms. The topological polar surface area (TPSA) is 60.2 Å². The summed E-state index contributed by atoms with van der Waals surface area (Å²) >= 11 is 0. The summed E-state index contributed by atoms with van der Waals surface area (Å²) in [5.41, 5.74) is 6.04. The molecule has 3 aromatic carbocycles. The lowest BCUT2D eigenvalue weighted by molar-refractivity contribution is -0.384. The van der Waals surface area contributed by atoms with Crippen LogP contribution >= 0.6 is 0 Å². The standard InChI is InChI=1S/C22H15NO3/c24-22(11-8-15-4-3-6-19(12-15)23(25)26)18-10-9-17-13-16-5-1-2-7-20(16)21(17)14-18/h1-12,14H,13H2/b11-8+. The minimum atomic E-state index is -0.447. The summed E-state index contributed by atoms with van der Waals surface area (Å²) in [7, 11) is 0. The summed E-state index contributed by atoms with van der Waals surface area (Å²) in [5.74, 6) is -0.122. The molecular weight excluding hydrogens is 326 g/mol. The Balaban J connectivity index is 1.61. The third-order valence-corrected chi connectivity index (χ3v) is 4.59. The van der Waals surface area contributed by atoms with Crippen LogP contribution in [0.3, 0.4) is 0 Å². The van der Waals surface area contributed by atoms with E-state index in [9.17, 15) is 14.9 Å². The Labute approximate surface area is 150 Å². The minimum absolute atomic E-state index is 0.00809. The number of ketones is 1. The summed E-state index contributed by atoms with van der Waals surface area (Å²) in [6.45, 7) is 0. The van der Waals surface area contributed by atoms with Crippen LogP contribution in [0.25, 0.3) is 17.2 Å². The molecule has 26 heavy (non-hydrogen) atoms. The first kappa shape index (κ1) is 16.0. The first-order valence-corrected chi connectivity index (χ1v) is 8.30. The zero-order valence-electron chi connectivity index (χ0n) is 13.9. The van der Waals surface area contributed by atoms with Gasteiger partial charge in [-0.15, -0.1) is 0 Å². The Bertz CT molecular complexity index is 1070. The molecule has 1 aliphatic carbocycles. The van der Waals surface area contributed by atoms with Crippen LogP contribution in [0.5, 0.6) is 0 Å². The fraction of sp³-hybridized carbons (Fsp3) is 0.0455. The van der Waals surface area contributed by atoms with Crippen molar-refractivity contribution in [2.24, 2.45) is 0 Å². The van der Waals surface area contributed by atoms with Crippen LogP contribution in [-0.4, -0.2) is 10.7 Å². The number of hydrogen-bond acceptors (Lipinski definition) is 3. The number of allylic oxidation sites excluding steroid dienone is 1. The monoisotopic (exact) mass is 341 g/mol. The second kappa shape index (κ2) is 6.41. The van der Waals surface area contributed by atoms with Gasteiger partial charge in [-0.05, 0) is 46.4 Å². The van der Waals surface area contributed by atoms with E-state index in [1.165, 1.54) is 34.9 Å². The van der Waals surface area contributed by atoms with Crippen molar-refractivity contribution in [1.82, 2.24) is 0 Å². The molecule has 0 unspecified atom stereocenters. The molecule has 4 rings (SSSR count). The summed E-state index contributed by atoms with van der Waals surface area (Å²) in [6.07, 6.45) is 3.96. The summed E-state index contributed by atoms with van der Waals surface area (Å²) in [6, 6.07) is 20.2. The molecule has 0 aliphatic heterocycles. The van der Waals surface area contributed by atoms with E-state index in [1.54, 1.807) is 18.2 Å². The van der Waals surface area contributed by atoms with Crippen LogP contribution in [0.2, 0.25) is 0 Å². The lowest BCUT2D eigenvalue weighted by Gasteiger charge is -2.03. The Morgan fingerprint density at radius 2 is 1.73 bits per heavy atom. The highest BCUT2D eigenvalue weighted by molar-refractivity contribution is 6.07. The van der Waals surface area contributed by atoms with Crippen LogP contribution in [0, 0.1) is 10.1 Å². The van der Waals surface area contributed by atoms with E-state index in [-0.39, 0.29) is 11.5 Å². The average molecular weight is 341 g/mol. The van der Waals surface area contributed by atoms with Crippen molar-refractivity contribution >= 4 is 17.5 Å². The van der Waals surface area contributed by atoms with Gasteiger partial charge in [0.15, 0.2) is 5.78 Å². The maximum atomic E-state index is 12.5. The molecule has 0 heterocycles. The van der Waals surface area contributed by atoms with Gasteiger partial charge in [-0.3, -0.25) is 14.9 Å². The SMILES string of the molecule is O=C(/C=C/c1cccc([N+](=O)[O-])c1)c1ccc2c(c1)-c1ccccc1C2. The molecule has 0 N–H and O–H groups in total. The molecule has 0 fully saturated rings. The van der Waals surface area contributed by atoms with Crippen LogP contribution in [-0.2, 0) is 6.42 Å². The van der Waals surface area contributed by atoms with Crippen LogP contribution in [0.15, 0.2) is 72.8 Å². The van der Waals surface area contributed by atoms with Gasteiger partial charge in [0.1, 0.15) is 0 Å². The third-order valence-electron chi connectivity index (χ3n) is 4.59. The Hall–Kier alpha value is -3.53. The predicted octanol–water partition coefficient (Wildman–Crippen LogP) is 5.06. The van der Waals surface area contributed by atoms with Crippen LogP contribution in [0.1, 0.15) is 27.0 Å². The Morgan fingerprint density at radius 3 is 2.58 bits per heavy atom. The van der Waals surface area contributed by atoms with E-state index in [4.69, 9.17) is 0 Å². The van der Waals surface area contributed by atoms with Gasteiger partial charge in [-0.1, -0.05) is 54.6 Å². The number of hydrogen-bond donors (Lipinski definition) is 0. The summed E-state index contributed by atoms with van der Waals surface area (Å²) < 4.78 is 0. The quantitative estimate of drug-likeness (QED) is 0.225. The van der Waals surface area contributed by atoms with Gasteiger partial charge in [-0.2, -0.15) is 0 Å². The molecule has 0 amide bonds. The number of nitro benzene ring substituents is 1. The van der Waals surface area contributed by atoms with E-state index < -0.39 is 4.92 Å². The van der Waals surface area contributed by atoms with Crippen molar-refractivity contribution < 1.29 is 9.72 Å². The Morgan fingerprint density at radius 1 is 0.923 bits per heavy atom.